The van der Waals surface area contributed by atoms with Gasteiger partial charge in [0.1, 0.15) is 11.5 Å². The molecule has 0 fully saturated rings. The smallest absolute Gasteiger partial charge is 0.335 e. The number of nitrogens with zero attached hydrogens (tertiary/aromatic N) is 1. The Balaban J connectivity index is 1.62. The summed E-state index contributed by atoms with van der Waals surface area (Å²) in [5.41, 5.74) is 4.91. The van der Waals surface area contributed by atoms with Crippen LogP contribution in [0.2, 0.25) is 5.02 Å². The topological polar surface area (TPSA) is 74.8 Å². The first-order valence-corrected chi connectivity index (χ1v) is 7.93. The Bertz CT molecular complexity index is 901. The number of benzene rings is 2. The molecule has 1 aromatic heterocycles. The van der Waals surface area contributed by atoms with Gasteiger partial charge in [-0.3, -0.25) is 0 Å². The van der Waals surface area contributed by atoms with Gasteiger partial charge < -0.3 is 14.9 Å². The lowest BCUT2D eigenvalue weighted by molar-refractivity contribution is 0.0697. The molecule has 0 spiro atoms. The molecule has 126 valence electrons. The van der Waals surface area contributed by atoms with Gasteiger partial charge in [0, 0.05) is 10.6 Å². The number of carboxylic acid groups (broad SMARTS) is 1. The van der Waals surface area contributed by atoms with Crippen molar-refractivity contribution in [2.24, 2.45) is 5.10 Å². The normalized spacial score (nSPS) is 10.9. The monoisotopic (exact) mass is 354 g/mol. The van der Waals surface area contributed by atoms with Crippen LogP contribution >= 0.6 is 11.6 Å². The number of hydrazone groups is 1. The standard InChI is InChI=1S/C19H15ClN2O3/c20-16-6-4-13(5-7-16)11-21-22-12-17-8-9-18(25-17)14-2-1-3-15(10-14)19(23)24/h1-10,12,21H,11H2,(H,23,24)/b22-12-. The molecular weight excluding hydrogens is 340 g/mol. The summed E-state index contributed by atoms with van der Waals surface area (Å²) < 4.78 is 5.67. The first kappa shape index (κ1) is 16.8. The molecule has 0 unspecified atom stereocenters. The summed E-state index contributed by atoms with van der Waals surface area (Å²) in [7, 11) is 0. The molecule has 25 heavy (non-hydrogen) atoms. The highest BCUT2D eigenvalue weighted by atomic mass is 35.5. The second-order valence-electron chi connectivity index (χ2n) is 5.31. The molecule has 0 saturated heterocycles. The van der Waals surface area contributed by atoms with E-state index in [1.165, 1.54) is 6.07 Å². The fourth-order valence-corrected chi connectivity index (χ4v) is 2.36. The number of halogens is 1. The van der Waals surface area contributed by atoms with Crippen molar-refractivity contribution < 1.29 is 14.3 Å². The zero-order valence-electron chi connectivity index (χ0n) is 13.1. The second kappa shape index (κ2) is 7.68. The van der Waals surface area contributed by atoms with E-state index < -0.39 is 5.97 Å². The Kier molecular flexibility index (Phi) is 5.16. The first-order chi connectivity index (χ1) is 12.1. The van der Waals surface area contributed by atoms with Gasteiger partial charge in [0.25, 0.3) is 0 Å². The fraction of sp³-hybridized carbons (Fsp3) is 0.0526. The van der Waals surface area contributed by atoms with E-state index in [9.17, 15) is 4.79 Å². The molecule has 0 aliphatic rings. The molecule has 0 bridgehead atoms. The Morgan fingerprint density at radius 1 is 1.16 bits per heavy atom. The zero-order valence-corrected chi connectivity index (χ0v) is 13.9. The molecule has 6 heteroatoms. The van der Waals surface area contributed by atoms with Crippen molar-refractivity contribution in [3.63, 3.8) is 0 Å². The van der Waals surface area contributed by atoms with Crippen molar-refractivity contribution >= 4 is 23.8 Å². The van der Waals surface area contributed by atoms with Crippen molar-refractivity contribution in [3.8, 4) is 11.3 Å². The van der Waals surface area contributed by atoms with Crippen LogP contribution in [0.5, 0.6) is 0 Å². The minimum absolute atomic E-state index is 0.216. The van der Waals surface area contributed by atoms with Crippen LogP contribution in [-0.4, -0.2) is 17.3 Å². The van der Waals surface area contributed by atoms with Crippen LogP contribution in [0.15, 0.2) is 70.2 Å². The number of furan rings is 1. The molecule has 2 aromatic carbocycles. The van der Waals surface area contributed by atoms with Gasteiger partial charge in [-0.15, -0.1) is 0 Å². The number of aromatic carboxylic acids is 1. The van der Waals surface area contributed by atoms with E-state index >= 15 is 0 Å². The quantitative estimate of drug-likeness (QED) is 0.507. The Hall–Kier alpha value is -3.05. The predicted octanol–water partition coefficient (Wildman–Crippen LogP) is 4.42. The summed E-state index contributed by atoms with van der Waals surface area (Å²) in [6.07, 6.45) is 1.57. The van der Waals surface area contributed by atoms with Crippen LogP contribution in [0.25, 0.3) is 11.3 Å². The molecule has 0 saturated carbocycles. The average molecular weight is 355 g/mol. The Morgan fingerprint density at radius 2 is 1.96 bits per heavy atom. The summed E-state index contributed by atoms with van der Waals surface area (Å²) in [5.74, 6) is 0.183. The minimum Gasteiger partial charge on any atom is -0.478 e. The fourth-order valence-electron chi connectivity index (χ4n) is 2.23. The van der Waals surface area contributed by atoms with Crippen molar-refractivity contribution in [1.29, 1.82) is 0 Å². The predicted molar refractivity (Wildman–Crippen MR) is 97.0 cm³/mol. The molecule has 5 nitrogen and oxygen atoms in total. The summed E-state index contributed by atoms with van der Waals surface area (Å²) >= 11 is 5.84. The number of hydrogen-bond acceptors (Lipinski definition) is 4. The maximum atomic E-state index is 11.0. The maximum Gasteiger partial charge on any atom is 0.335 e. The van der Waals surface area contributed by atoms with Gasteiger partial charge in [0.05, 0.1) is 18.3 Å². The van der Waals surface area contributed by atoms with E-state index in [1.54, 1.807) is 36.5 Å². The molecule has 1 heterocycles. The summed E-state index contributed by atoms with van der Waals surface area (Å²) in [6.45, 7) is 0.571. The van der Waals surface area contributed by atoms with Crippen molar-refractivity contribution in [2.45, 2.75) is 6.54 Å². The van der Waals surface area contributed by atoms with Crippen LogP contribution in [0.1, 0.15) is 21.7 Å². The first-order valence-electron chi connectivity index (χ1n) is 7.56. The van der Waals surface area contributed by atoms with Crippen LogP contribution in [-0.2, 0) is 6.54 Å². The molecule has 0 radical (unpaired) electrons. The lowest BCUT2D eigenvalue weighted by atomic mass is 10.1. The van der Waals surface area contributed by atoms with Crippen molar-refractivity contribution in [2.75, 3.05) is 0 Å². The van der Waals surface area contributed by atoms with Crippen LogP contribution in [0, 0.1) is 0 Å². The van der Waals surface area contributed by atoms with Crippen LogP contribution < -0.4 is 5.43 Å². The van der Waals surface area contributed by atoms with Gasteiger partial charge in [-0.25, -0.2) is 4.79 Å². The zero-order chi connectivity index (χ0) is 17.6. The molecule has 2 N–H and O–H groups in total. The molecular formula is C19H15ClN2O3. The van der Waals surface area contributed by atoms with E-state index in [2.05, 4.69) is 10.5 Å². The van der Waals surface area contributed by atoms with E-state index in [-0.39, 0.29) is 5.56 Å². The van der Waals surface area contributed by atoms with Crippen LogP contribution in [0.3, 0.4) is 0 Å². The molecule has 0 atom stereocenters. The summed E-state index contributed by atoms with van der Waals surface area (Å²) in [5, 5.41) is 13.9. The summed E-state index contributed by atoms with van der Waals surface area (Å²) in [4.78, 5) is 11.0. The van der Waals surface area contributed by atoms with E-state index in [0.29, 0.717) is 28.7 Å². The van der Waals surface area contributed by atoms with Gasteiger partial charge >= 0.3 is 5.97 Å². The Morgan fingerprint density at radius 3 is 2.72 bits per heavy atom. The third kappa shape index (κ3) is 4.49. The maximum absolute atomic E-state index is 11.0. The second-order valence-corrected chi connectivity index (χ2v) is 5.74. The molecule has 3 aromatic rings. The highest BCUT2D eigenvalue weighted by molar-refractivity contribution is 6.30. The van der Waals surface area contributed by atoms with E-state index in [4.69, 9.17) is 21.1 Å². The number of rotatable bonds is 6. The number of hydrogen-bond donors (Lipinski definition) is 2. The van der Waals surface area contributed by atoms with Gasteiger partial charge in [-0.05, 0) is 42.0 Å². The summed E-state index contributed by atoms with van der Waals surface area (Å²) in [6, 6.07) is 17.6. The number of nitrogens with one attached hydrogen (secondary N) is 1. The largest absolute Gasteiger partial charge is 0.478 e. The lowest BCUT2D eigenvalue weighted by Gasteiger charge is -2.00. The third-order valence-corrected chi connectivity index (χ3v) is 3.75. The van der Waals surface area contributed by atoms with Crippen LogP contribution in [0.4, 0.5) is 0 Å². The van der Waals surface area contributed by atoms with E-state index in [1.807, 2.05) is 24.3 Å². The lowest BCUT2D eigenvalue weighted by Crippen LogP contribution is -2.05. The molecule has 0 aliphatic heterocycles. The van der Waals surface area contributed by atoms with Crippen molar-refractivity contribution in [1.82, 2.24) is 5.43 Å². The van der Waals surface area contributed by atoms with Gasteiger partial charge in [-0.1, -0.05) is 35.9 Å². The highest BCUT2D eigenvalue weighted by Crippen LogP contribution is 2.22. The highest BCUT2D eigenvalue weighted by Gasteiger charge is 2.07. The minimum atomic E-state index is -0.971. The number of carboxylic acids is 1. The Labute approximate surface area is 149 Å². The third-order valence-electron chi connectivity index (χ3n) is 3.50. The van der Waals surface area contributed by atoms with Crippen molar-refractivity contribution in [3.05, 3.63) is 82.6 Å². The molecule has 0 aliphatic carbocycles. The van der Waals surface area contributed by atoms with Gasteiger partial charge in [0.15, 0.2) is 0 Å². The van der Waals surface area contributed by atoms with Gasteiger partial charge in [-0.2, -0.15) is 5.10 Å². The molecule has 0 amide bonds. The van der Waals surface area contributed by atoms with E-state index in [0.717, 1.165) is 5.56 Å². The average Bonchev–Trinajstić information content (AvgIpc) is 3.09. The number of carbonyl (C=O) groups is 1. The SMILES string of the molecule is O=C(O)c1cccc(-c2ccc(/C=N\NCc3ccc(Cl)cc3)o2)c1. The van der Waals surface area contributed by atoms with Gasteiger partial charge in [0.2, 0.25) is 0 Å². The molecule has 3 rings (SSSR count).